The molecule has 0 N–H and O–H groups in total. The van der Waals surface area contributed by atoms with Crippen molar-refractivity contribution in [2.24, 2.45) is 0 Å². The van der Waals surface area contributed by atoms with E-state index in [9.17, 15) is 0 Å². The van der Waals surface area contributed by atoms with Gasteiger partial charge >= 0.3 is 21.1 Å². The van der Waals surface area contributed by atoms with Crippen molar-refractivity contribution < 1.29 is 21.1 Å². The number of hydrogen-bond donors (Lipinski definition) is 0. The van der Waals surface area contributed by atoms with Crippen LogP contribution in [0.15, 0.2) is 0 Å². The zero-order chi connectivity index (χ0) is 4.50. The SMILES string of the molecule is [CH2-][Si](C)(C)C.[Pt+2]. The standard InChI is InChI=1S/C4H11Si.Pt/c1-5(2,3)4;/h1H2,2-4H3;/q-1;+2. The molecule has 0 aliphatic rings. The summed E-state index contributed by atoms with van der Waals surface area (Å²) in [4.78, 5) is 0. The van der Waals surface area contributed by atoms with Crippen molar-refractivity contribution in [2.45, 2.75) is 19.6 Å². The van der Waals surface area contributed by atoms with Gasteiger partial charge in [0.1, 0.15) is 0 Å². The van der Waals surface area contributed by atoms with Crippen LogP contribution >= 0.6 is 0 Å². The molecule has 0 nitrogen and oxygen atoms in total. The molecular weight excluding hydrogens is 271 g/mol. The first-order valence-electron chi connectivity index (χ1n) is 1.85. The van der Waals surface area contributed by atoms with E-state index in [4.69, 9.17) is 0 Å². The fourth-order valence-corrected chi connectivity index (χ4v) is 0. The summed E-state index contributed by atoms with van der Waals surface area (Å²) in [5, 5.41) is 0. The molecule has 0 aromatic carbocycles. The third kappa shape index (κ3) is 91.3. The first-order chi connectivity index (χ1) is 2.00. The Balaban J connectivity index is 0. The molecule has 0 heterocycles. The van der Waals surface area contributed by atoms with E-state index in [1.54, 1.807) is 0 Å². The Morgan fingerprint density at radius 1 is 1.17 bits per heavy atom. The van der Waals surface area contributed by atoms with E-state index in [1.165, 1.54) is 0 Å². The second kappa shape index (κ2) is 2.98. The molecule has 0 radical (unpaired) electrons. The van der Waals surface area contributed by atoms with Gasteiger partial charge < -0.3 is 6.55 Å². The molecule has 0 fully saturated rings. The van der Waals surface area contributed by atoms with E-state index < -0.39 is 8.07 Å². The Morgan fingerprint density at radius 2 is 1.17 bits per heavy atom. The van der Waals surface area contributed by atoms with Gasteiger partial charge in [0, 0.05) is 0 Å². The molecular formula is C4H11PtSi+. The second-order valence-corrected chi connectivity index (χ2v) is 7.68. The molecule has 0 aliphatic heterocycles. The Bertz CT molecular complexity index is 23.0. The molecule has 0 saturated heterocycles. The van der Waals surface area contributed by atoms with Crippen LogP contribution in [0, 0.1) is 6.55 Å². The van der Waals surface area contributed by atoms with Crippen molar-refractivity contribution in [1.82, 2.24) is 0 Å². The average Bonchev–Trinajstić information content (AvgIpc) is 0.722. The summed E-state index contributed by atoms with van der Waals surface area (Å²) in [6.07, 6.45) is 0. The van der Waals surface area contributed by atoms with Gasteiger partial charge in [0.2, 0.25) is 0 Å². The predicted molar refractivity (Wildman–Crippen MR) is 28.7 cm³/mol. The molecule has 0 amide bonds. The largest absolute Gasteiger partial charge is 2.00 e. The quantitative estimate of drug-likeness (QED) is 0.468. The van der Waals surface area contributed by atoms with Crippen LogP contribution in [0.25, 0.3) is 0 Å². The van der Waals surface area contributed by atoms with Crippen LogP contribution < -0.4 is 0 Å². The van der Waals surface area contributed by atoms with Gasteiger partial charge in [-0.25, -0.2) is 0 Å². The van der Waals surface area contributed by atoms with Crippen molar-refractivity contribution in [3.8, 4) is 0 Å². The molecule has 0 saturated carbocycles. The minimum absolute atomic E-state index is 0. The van der Waals surface area contributed by atoms with Crippen LogP contribution in [-0.2, 0) is 21.1 Å². The zero-order valence-electron chi connectivity index (χ0n) is 4.52. The minimum Gasteiger partial charge on any atom is -0.342 e. The Morgan fingerprint density at radius 3 is 1.17 bits per heavy atom. The van der Waals surface area contributed by atoms with Crippen molar-refractivity contribution in [3.63, 3.8) is 0 Å². The molecule has 0 aliphatic carbocycles. The van der Waals surface area contributed by atoms with Crippen LogP contribution in [0.1, 0.15) is 0 Å². The van der Waals surface area contributed by atoms with E-state index in [0.717, 1.165) is 0 Å². The van der Waals surface area contributed by atoms with Crippen molar-refractivity contribution >= 4 is 8.07 Å². The molecule has 6 heavy (non-hydrogen) atoms. The summed E-state index contributed by atoms with van der Waals surface area (Å²) >= 11 is 0. The van der Waals surface area contributed by atoms with Gasteiger partial charge in [0.15, 0.2) is 0 Å². The zero-order valence-corrected chi connectivity index (χ0v) is 7.80. The van der Waals surface area contributed by atoms with Gasteiger partial charge in [-0.05, 0) is 0 Å². The molecule has 40 valence electrons. The summed E-state index contributed by atoms with van der Waals surface area (Å²) in [5.41, 5.74) is 0. The van der Waals surface area contributed by atoms with E-state index in [-0.39, 0.29) is 21.1 Å². The summed E-state index contributed by atoms with van der Waals surface area (Å²) in [7, 11) is -0.861. The molecule has 0 aromatic heterocycles. The fourth-order valence-electron chi connectivity index (χ4n) is 0. The van der Waals surface area contributed by atoms with Crippen LogP contribution in [0.5, 0.6) is 0 Å². The van der Waals surface area contributed by atoms with Gasteiger partial charge in [0.25, 0.3) is 0 Å². The van der Waals surface area contributed by atoms with Gasteiger partial charge in [-0.3, -0.25) is 0 Å². The van der Waals surface area contributed by atoms with E-state index in [0.29, 0.717) is 0 Å². The monoisotopic (exact) mass is 282 g/mol. The predicted octanol–water partition coefficient (Wildman–Crippen LogP) is 1.70. The maximum Gasteiger partial charge on any atom is 2.00 e. The van der Waals surface area contributed by atoms with Gasteiger partial charge in [0.05, 0.1) is 0 Å². The second-order valence-electron chi connectivity index (χ2n) is 2.56. The number of hydrogen-bond acceptors (Lipinski definition) is 0. The van der Waals surface area contributed by atoms with Crippen molar-refractivity contribution in [1.29, 1.82) is 0 Å². The van der Waals surface area contributed by atoms with E-state index in [2.05, 4.69) is 26.2 Å². The average molecular weight is 282 g/mol. The molecule has 0 atom stereocenters. The van der Waals surface area contributed by atoms with Crippen LogP contribution in [0.3, 0.4) is 0 Å². The maximum absolute atomic E-state index is 3.91. The Kier molecular flexibility index (Phi) is 4.97. The Hall–Kier alpha value is 0.905. The fraction of sp³-hybridized carbons (Fsp3) is 0.750. The molecule has 0 spiro atoms. The topological polar surface area (TPSA) is 0 Å². The van der Waals surface area contributed by atoms with E-state index >= 15 is 0 Å². The molecule has 0 aromatic rings. The van der Waals surface area contributed by atoms with Gasteiger partial charge in [-0.1, -0.05) is 19.6 Å². The van der Waals surface area contributed by atoms with E-state index in [1.807, 2.05) is 0 Å². The molecule has 0 rings (SSSR count). The van der Waals surface area contributed by atoms with Gasteiger partial charge in [-0.2, -0.15) is 0 Å². The number of rotatable bonds is 0. The summed E-state index contributed by atoms with van der Waals surface area (Å²) in [6.45, 7) is 10.6. The third-order valence-corrected chi connectivity index (χ3v) is 0. The molecule has 2 heteroatoms. The summed E-state index contributed by atoms with van der Waals surface area (Å²) < 4.78 is 0. The van der Waals surface area contributed by atoms with Crippen molar-refractivity contribution in [2.75, 3.05) is 0 Å². The van der Waals surface area contributed by atoms with Gasteiger partial charge in [-0.15, -0.1) is 8.07 Å². The minimum atomic E-state index is -0.861. The molecule has 0 bridgehead atoms. The maximum atomic E-state index is 3.91. The summed E-state index contributed by atoms with van der Waals surface area (Å²) in [5.74, 6) is 0. The van der Waals surface area contributed by atoms with Crippen LogP contribution in [-0.4, -0.2) is 8.07 Å². The van der Waals surface area contributed by atoms with Crippen molar-refractivity contribution in [3.05, 3.63) is 6.55 Å². The summed E-state index contributed by atoms with van der Waals surface area (Å²) in [6, 6.07) is 0. The third-order valence-electron chi connectivity index (χ3n) is 0. The Labute approximate surface area is 55.6 Å². The molecule has 0 unspecified atom stereocenters. The first-order valence-corrected chi connectivity index (χ1v) is 5.56. The normalized spacial score (nSPS) is 10.0. The van der Waals surface area contributed by atoms with Crippen LogP contribution in [0.4, 0.5) is 0 Å². The smallest absolute Gasteiger partial charge is 0.342 e. The first kappa shape index (κ1) is 10.0. The van der Waals surface area contributed by atoms with Crippen LogP contribution in [0.2, 0.25) is 19.6 Å².